The minimum absolute atomic E-state index is 0.00338. The van der Waals surface area contributed by atoms with Crippen LogP contribution in [-0.2, 0) is 5.41 Å². The molecule has 3 rings (SSSR count). The van der Waals surface area contributed by atoms with Gasteiger partial charge < -0.3 is 5.11 Å². The molecule has 1 nitrogen and oxygen atoms in total. The molecule has 1 aliphatic rings. The molecule has 20 heavy (non-hydrogen) atoms. The molecule has 1 heteroatoms. The highest BCUT2D eigenvalue weighted by Gasteiger charge is 2.57. The van der Waals surface area contributed by atoms with Gasteiger partial charge >= 0.3 is 0 Å². The van der Waals surface area contributed by atoms with Crippen LogP contribution >= 0.6 is 0 Å². The summed E-state index contributed by atoms with van der Waals surface area (Å²) in [7, 11) is 0. The normalized spacial score (nSPS) is 21.2. The Hall–Kier alpha value is -1.86. The zero-order valence-corrected chi connectivity index (χ0v) is 11.8. The lowest BCUT2D eigenvalue weighted by molar-refractivity contribution is 0.224. The van der Waals surface area contributed by atoms with Crippen molar-refractivity contribution >= 4 is 0 Å². The van der Waals surface area contributed by atoms with Crippen LogP contribution < -0.4 is 0 Å². The molecule has 0 saturated heterocycles. The Morgan fingerprint density at radius 3 is 1.90 bits per heavy atom. The molecule has 0 heterocycles. The van der Waals surface area contributed by atoms with Gasteiger partial charge in [0.15, 0.2) is 0 Å². The van der Waals surface area contributed by atoms with Crippen molar-refractivity contribution in [1.82, 2.24) is 0 Å². The van der Waals surface area contributed by atoms with Crippen LogP contribution in [0.5, 0.6) is 0 Å². The molecule has 2 atom stereocenters. The minimum atomic E-state index is -0.450. The number of benzene rings is 2. The van der Waals surface area contributed by atoms with Crippen molar-refractivity contribution in [3.63, 3.8) is 0 Å². The molecular weight excluding hydrogens is 244 g/mol. The first-order valence-corrected chi connectivity index (χ1v) is 7.14. The predicted octanol–water partition coefficient (Wildman–Crippen LogP) is 3.93. The Kier molecular flexibility index (Phi) is 3.23. The first-order valence-electron chi connectivity index (χ1n) is 7.14. The minimum Gasteiger partial charge on any atom is -0.389 e. The largest absolute Gasteiger partial charge is 0.389 e. The fraction of sp³-hybridized carbons (Fsp3) is 0.263. The molecule has 0 unspecified atom stereocenters. The number of hydrogen-bond acceptors (Lipinski definition) is 1. The standard InChI is InChI=1S/C19H20O/c1-14(15(2)20)18-13-19(18,16-9-5-3-6-10-16)17-11-7-4-8-12-17/h3-12,15,18,20H,1,13H2,2H3/t15-,18-/m1/s1. The van der Waals surface area contributed by atoms with Gasteiger partial charge in [0.05, 0.1) is 6.10 Å². The Balaban J connectivity index is 2.06. The van der Waals surface area contributed by atoms with Crippen LogP contribution in [0.1, 0.15) is 24.5 Å². The van der Waals surface area contributed by atoms with Gasteiger partial charge in [-0.1, -0.05) is 67.2 Å². The van der Waals surface area contributed by atoms with Gasteiger partial charge in [-0.3, -0.25) is 0 Å². The molecule has 1 fully saturated rings. The molecule has 0 amide bonds. The topological polar surface area (TPSA) is 20.2 Å². The highest BCUT2D eigenvalue weighted by Crippen LogP contribution is 2.61. The van der Waals surface area contributed by atoms with E-state index in [-0.39, 0.29) is 5.41 Å². The Labute approximate surface area is 120 Å². The summed E-state index contributed by atoms with van der Waals surface area (Å²) in [4.78, 5) is 0. The van der Waals surface area contributed by atoms with Gasteiger partial charge in [-0.2, -0.15) is 0 Å². The first-order chi connectivity index (χ1) is 9.66. The summed E-state index contributed by atoms with van der Waals surface area (Å²) in [6.07, 6.45) is 0.583. The fourth-order valence-electron chi connectivity index (χ4n) is 3.28. The molecule has 0 bridgehead atoms. The highest BCUT2D eigenvalue weighted by atomic mass is 16.3. The van der Waals surface area contributed by atoms with Gasteiger partial charge in [0, 0.05) is 5.41 Å². The summed E-state index contributed by atoms with van der Waals surface area (Å²) in [5, 5.41) is 9.86. The van der Waals surface area contributed by atoms with E-state index < -0.39 is 6.10 Å². The molecule has 0 radical (unpaired) electrons. The third-order valence-corrected chi connectivity index (χ3v) is 4.52. The zero-order valence-electron chi connectivity index (χ0n) is 11.8. The maximum atomic E-state index is 9.86. The third-order valence-electron chi connectivity index (χ3n) is 4.52. The van der Waals surface area contributed by atoms with E-state index in [4.69, 9.17) is 0 Å². The van der Waals surface area contributed by atoms with E-state index in [1.54, 1.807) is 6.92 Å². The summed E-state index contributed by atoms with van der Waals surface area (Å²) in [6, 6.07) is 21.2. The number of hydrogen-bond donors (Lipinski definition) is 1. The van der Waals surface area contributed by atoms with Crippen LogP contribution in [0.15, 0.2) is 72.8 Å². The Bertz CT molecular complexity index is 559. The van der Waals surface area contributed by atoms with E-state index in [1.807, 2.05) is 12.1 Å². The maximum absolute atomic E-state index is 9.86. The lowest BCUT2D eigenvalue weighted by Gasteiger charge is -2.21. The third kappa shape index (κ3) is 1.99. The van der Waals surface area contributed by atoms with Gasteiger partial charge in [-0.25, -0.2) is 0 Å². The van der Waals surface area contributed by atoms with Gasteiger partial charge in [0.2, 0.25) is 0 Å². The summed E-state index contributed by atoms with van der Waals surface area (Å²) < 4.78 is 0. The van der Waals surface area contributed by atoms with Crippen molar-refractivity contribution in [1.29, 1.82) is 0 Å². The molecule has 2 aromatic carbocycles. The zero-order chi connectivity index (χ0) is 14.2. The molecule has 1 saturated carbocycles. The van der Waals surface area contributed by atoms with Crippen molar-refractivity contribution in [3.8, 4) is 0 Å². The maximum Gasteiger partial charge on any atom is 0.0722 e. The number of rotatable bonds is 4. The molecule has 1 N–H and O–H groups in total. The number of aliphatic hydroxyl groups is 1. The molecule has 0 spiro atoms. The Morgan fingerprint density at radius 2 is 1.50 bits per heavy atom. The van der Waals surface area contributed by atoms with Crippen molar-refractivity contribution in [2.75, 3.05) is 0 Å². The van der Waals surface area contributed by atoms with Crippen LogP contribution in [0.2, 0.25) is 0 Å². The van der Waals surface area contributed by atoms with Crippen LogP contribution in [0, 0.1) is 5.92 Å². The van der Waals surface area contributed by atoms with Crippen LogP contribution in [-0.4, -0.2) is 11.2 Å². The molecule has 102 valence electrons. The van der Waals surface area contributed by atoms with Crippen LogP contribution in [0.25, 0.3) is 0 Å². The van der Waals surface area contributed by atoms with Gasteiger partial charge in [-0.15, -0.1) is 0 Å². The lowest BCUT2D eigenvalue weighted by Crippen LogP contribution is -2.16. The van der Waals surface area contributed by atoms with Gasteiger partial charge in [0.25, 0.3) is 0 Å². The molecule has 0 aromatic heterocycles. The molecule has 0 aliphatic heterocycles. The monoisotopic (exact) mass is 264 g/mol. The smallest absolute Gasteiger partial charge is 0.0722 e. The predicted molar refractivity (Wildman–Crippen MR) is 82.6 cm³/mol. The summed E-state index contributed by atoms with van der Waals surface area (Å²) in [6.45, 7) is 5.92. The second-order valence-corrected chi connectivity index (χ2v) is 5.71. The molecular formula is C19H20O. The van der Waals surface area contributed by atoms with Crippen molar-refractivity contribution in [2.24, 2.45) is 5.92 Å². The van der Waals surface area contributed by atoms with Crippen LogP contribution in [0.4, 0.5) is 0 Å². The van der Waals surface area contributed by atoms with E-state index in [0.717, 1.165) is 12.0 Å². The van der Waals surface area contributed by atoms with Crippen LogP contribution in [0.3, 0.4) is 0 Å². The second kappa shape index (κ2) is 4.92. The van der Waals surface area contributed by atoms with E-state index in [1.165, 1.54) is 11.1 Å². The SMILES string of the molecule is C=C([C@H]1CC1(c1ccccc1)c1ccccc1)[C@@H](C)O. The molecule has 2 aromatic rings. The lowest BCUT2D eigenvalue weighted by atomic mass is 9.83. The average Bonchev–Trinajstić information content (AvgIpc) is 3.25. The second-order valence-electron chi connectivity index (χ2n) is 5.71. The van der Waals surface area contributed by atoms with E-state index in [2.05, 4.69) is 55.1 Å². The van der Waals surface area contributed by atoms with E-state index in [0.29, 0.717) is 5.92 Å². The fourth-order valence-corrected chi connectivity index (χ4v) is 3.28. The van der Waals surface area contributed by atoms with Crippen molar-refractivity contribution in [2.45, 2.75) is 24.9 Å². The van der Waals surface area contributed by atoms with E-state index in [9.17, 15) is 5.11 Å². The summed E-state index contributed by atoms with van der Waals surface area (Å²) in [5.41, 5.74) is 3.57. The summed E-state index contributed by atoms with van der Waals surface area (Å²) in [5.74, 6) is 0.326. The first kappa shape index (κ1) is 13.1. The highest BCUT2D eigenvalue weighted by molar-refractivity contribution is 5.50. The molecule has 1 aliphatic carbocycles. The van der Waals surface area contributed by atoms with Gasteiger partial charge in [-0.05, 0) is 36.0 Å². The average molecular weight is 264 g/mol. The van der Waals surface area contributed by atoms with Gasteiger partial charge in [0.1, 0.15) is 0 Å². The summed E-state index contributed by atoms with van der Waals surface area (Å²) >= 11 is 0. The van der Waals surface area contributed by atoms with Crippen molar-refractivity contribution < 1.29 is 5.11 Å². The van der Waals surface area contributed by atoms with E-state index >= 15 is 0 Å². The quantitative estimate of drug-likeness (QED) is 0.830. The Morgan fingerprint density at radius 1 is 1.05 bits per heavy atom. The van der Waals surface area contributed by atoms with Crippen molar-refractivity contribution in [3.05, 3.63) is 83.9 Å². The number of aliphatic hydroxyl groups excluding tert-OH is 1.